The van der Waals surface area contributed by atoms with Gasteiger partial charge in [0.25, 0.3) is 0 Å². The Hall–Kier alpha value is -0.120. The lowest BCUT2D eigenvalue weighted by Gasteiger charge is -2.12. The van der Waals surface area contributed by atoms with Crippen LogP contribution in [0.2, 0.25) is 0 Å². The fourth-order valence-electron chi connectivity index (χ4n) is 0.555. The standard InChI is InChI=1S/C6H14NO2/c1-3-4-6(9)7-5(2)8/h5-9H,1,3-4H2,2H3. The second-order valence-electron chi connectivity index (χ2n) is 2.00. The molecule has 0 aliphatic heterocycles. The molecule has 0 spiro atoms. The quantitative estimate of drug-likeness (QED) is 0.466. The molecule has 0 aliphatic carbocycles. The maximum absolute atomic E-state index is 8.91. The number of aliphatic hydroxyl groups is 2. The Kier molecular flexibility index (Phi) is 4.67. The largest absolute Gasteiger partial charge is 0.379 e. The van der Waals surface area contributed by atoms with Gasteiger partial charge in [0.1, 0.15) is 12.5 Å². The second-order valence-corrected chi connectivity index (χ2v) is 2.00. The molecular weight excluding hydrogens is 118 g/mol. The normalized spacial score (nSPS) is 17.3. The number of hydrogen-bond acceptors (Lipinski definition) is 3. The molecule has 0 rings (SSSR count). The van der Waals surface area contributed by atoms with Gasteiger partial charge in [-0.05, 0) is 19.8 Å². The summed E-state index contributed by atoms with van der Waals surface area (Å²) < 4.78 is 0. The lowest BCUT2D eigenvalue weighted by atomic mass is 10.3. The summed E-state index contributed by atoms with van der Waals surface area (Å²) in [7, 11) is 0. The highest BCUT2D eigenvalue weighted by atomic mass is 16.3. The Labute approximate surface area is 55.7 Å². The minimum Gasteiger partial charge on any atom is -0.379 e. The molecule has 1 radical (unpaired) electrons. The molecule has 0 fully saturated rings. The van der Waals surface area contributed by atoms with Crippen LogP contribution in [0.25, 0.3) is 0 Å². The monoisotopic (exact) mass is 132 g/mol. The first-order valence-corrected chi connectivity index (χ1v) is 3.08. The average molecular weight is 132 g/mol. The van der Waals surface area contributed by atoms with E-state index in [0.29, 0.717) is 12.8 Å². The summed E-state index contributed by atoms with van der Waals surface area (Å²) in [6, 6.07) is 0. The van der Waals surface area contributed by atoms with E-state index in [9.17, 15) is 0 Å². The van der Waals surface area contributed by atoms with Crippen molar-refractivity contribution in [1.82, 2.24) is 5.32 Å². The molecule has 0 aromatic heterocycles. The maximum Gasteiger partial charge on any atom is 0.106 e. The highest BCUT2D eigenvalue weighted by Crippen LogP contribution is 1.91. The molecule has 0 aromatic rings. The summed E-state index contributed by atoms with van der Waals surface area (Å²) >= 11 is 0. The molecule has 0 heterocycles. The smallest absolute Gasteiger partial charge is 0.106 e. The van der Waals surface area contributed by atoms with Crippen LogP contribution >= 0.6 is 0 Å². The van der Waals surface area contributed by atoms with Crippen LogP contribution in [0, 0.1) is 6.92 Å². The van der Waals surface area contributed by atoms with E-state index >= 15 is 0 Å². The molecule has 55 valence electrons. The molecule has 0 bridgehead atoms. The van der Waals surface area contributed by atoms with Crippen molar-refractivity contribution in [2.75, 3.05) is 0 Å². The molecule has 0 aromatic carbocycles. The van der Waals surface area contributed by atoms with E-state index in [-0.39, 0.29) is 0 Å². The van der Waals surface area contributed by atoms with Gasteiger partial charge in [-0.15, -0.1) is 0 Å². The Morgan fingerprint density at radius 1 is 1.56 bits per heavy atom. The van der Waals surface area contributed by atoms with Crippen molar-refractivity contribution >= 4 is 0 Å². The van der Waals surface area contributed by atoms with Crippen LogP contribution in [-0.2, 0) is 0 Å². The first-order chi connectivity index (χ1) is 4.16. The van der Waals surface area contributed by atoms with Gasteiger partial charge >= 0.3 is 0 Å². The third kappa shape index (κ3) is 5.76. The molecule has 0 saturated heterocycles. The van der Waals surface area contributed by atoms with Crippen molar-refractivity contribution in [3.8, 4) is 0 Å². The van der Waals surface area contributed by atoms with E-state index in [1.807, 2.05) is 0 Å². The van der Waals surface area contributed by atoms with Crippen LogP contribution in [0.5, 0.6) is 0 Å². The van der Waals surface area contributed by atoms with Crippen LogP contribution < -0.4 is 5.32 Å². The zero-order valence-electron chi connectivity index (χ0n) is 5.67. The minimum atomic E-state index is -0.647. The number of rotatable bonds is 4. The first-order valence-electron chi connectivity index (χ1n) is 3.08. The summed E-state index contributed by atoms with van der Waals surface area (Å²) in [6.07, 6.45) is -0.0275. The molecule has 0 saturated carbocycles. The Balaban J connectivity index is 3.15. The number of hydrogen-bond donors (Lipinski definition) is 3. The fraction of sp³-hybridized carbons (Fsp3) is 0.833. The summed E-state index contributed by atoms with van der Waals surface area (Å²) in [5.74, 6) is 0. The van der Waals surface area contributed by atoms with E-state index in [4.69, 9.17) is 10.2 Å². The van der Waals surface area contributed by atoms with Gasteiger partial charge in [-0.3, -0.25) is 5.32 Å². The summed E-state index contributed by atoms with van der Waals surface area (Å²) in [5.41, 5.74) is 0. The predicted molar refractivity (Wildman–Crippen MR) is 35.4 cm³/mol. The van der Waals surface area contributed by atoms with Gasteiger partial charge in [0.2, 0.25) is 0 Å². The lowest BCUT2D eigenvalue weighted by Crippen LogP contribution is -2.35. The van der Waals surface area contributed by atoms with E-state index in [2.05, 4.69) is 12.2 Å². The van der Waals surface area contributed by atoms with Gasteiger partial charge in [-0.1, -0.05) is 6.92 Å². The van der Waals surface area contributed by atoms with Crippen molar-refractivity contribution in [1.29, 1.82) is 0 Å². The van der Waals surface area contributed by atoms with Gasteiger partial charge in [0.15, 0.2) is 0 Å². The van der Waals surface area contributed by atoms with Crippen molar-refractivity contribution in [3.05, 3.63) is 6.92 Å². The maximum atomic E-state index is 8.91. The van der Waals surface area contributed by atoms with E-state index in [1.165, 1.54) is 0 Å². The minimum absolute atomic E-state index is 0.574. The predicted octanol–water partition coefficient (Wildman–Crippen LogP) is -0.153. The highest BCUT2D eigenvalue weighted by molar-refractivity contribution is 4.54. The van der Waals surface area contributed by atoms with E-state index in [1.54, 1.807) is 6.92 Å². The van der Waals surface area contributed by atoms with Crippen molar-refractivity contribution in [2.24, 2.45) is 0 Å². The zero-order chi connectivity index (χ0) is 7.28. The van der Waals surface area contributed by atoms with Crippen LogP contribution in [0.4, 0.5) is 0 Å². The number of aliphatic hydroxyl groups excluding tert-OH is 2. The summed E-state index contributed by atoms with van der Waals surface area (Å²) in [6.45, 7) is 5.11. The summed E-state index contributed by atoms with van der Waals surface area (Å²) in [4.78, 5) is 0. The van der Waals surface area contributed by atoms with Crippen molar-refractivity contribution < 1.29 is 10.2 Å². The first kappa shape index (κ1) is 8.88. The van der Waals surface area contributed by atoms with Crippen LogP contribution in [0.15, 0.2) is 0 Å². The van der Waals surface area contributed by atoms with Crippen molar-refractivity contribution in [2.45, 2.75) is 32.2 Å². The SMILES string of the molecule is [CH2]CCC(O)NC(C)O. The highest BCUT2D eigenvalue weighted by Gasteiger charge is 2.02. The Morgan fingerprint density at radius 2 is 2.11 bits per heavy atom. The van der Waals surface area contributed by atoms with Crippen LogP contribution in [0.3, 0.4) is 0 Å². The topological polar surface area (TPSA) is 52.5 Å². The zero-order valence-corrected chi connectivity index (χ0v) is 5.67. The second kappa shape index (κ2) is 4.73. The average Bonchev–Trinajstić information content (AvgIpc) is 1.63. The van der Waals surface area contributed by atoms with Gasteiger partial charge < -0.3 is 10.2 Å². The summed E-state index contributed by atoms with van der Waals surface area (Å²) in [5, 5.41) is 20.1. The van der Waals surface area contributed by atoms with Gasteiger partial charge in [0, 0.05) is 0 Å². The number of nitrogens with one attached hydrogen (secondary N) is 1. The molecule has 2 atom stereocenters. The molecule has 9 heavy (non-hydrogen) atoms. The van der Waals surface area contributed by atoms with Gasteiger partial charge in [0.05, 0.1) is 0 Å². The molecule has 0 aliphatic rings. The Morgan fingerprint density at radius 3 is 2.44 bits per heavy atom. The molecule has 3 nitrogen and oxygen atoms in total. The molecule has 2 unspecified atom stereocenters. The third-order valence-electron chi connectivity index (χ3n) is 0.911. The lowest BCUT2D eigenvalue weighted by molar-refractivity contribution is 0.0480. The van der Waals surface area contributed by atoms with Crippen LogP contribution in [0.1, 0.15) is 19.8 Å². The van der Waals surface area contributed by atoms with Gasteiger partial charge in [-0.25, -0.2) is 0 Å². The van der Waals surface area contributed by atoms with E-state index < -0.39 is 12.5 Å². The molecule has 0 amide bonds. The molecule has 3 heteroatoms. The van der Waals surface area contributed by atoms with Crippen molar-refractivity contribution in [3.63, 3.8) is 0 Å². The van der Waals surface area contributed by atoms with Gasteiger partial charge in [-0.2, -0.15) is 0 Å². The Bertz CT molecular complexity index is 66.1. The van der Waals surface area contributed by atoms with Crippen LogP contribution in [-0.4, -0.2) is 22.7 Å². The van der Waals surface area contributed by atoms with E-state index in [0.717, 1.165) is 0 Å². The third-order valence-corrected chi connectivity index (χ3v) is 0.911. The molecule has 3 N–H and O–H groups in total. The fourth-order valence-corrected chi connectivity index (χ4v) is 0.555. The molecular formula is C6H14NO2.